The maximum Gasteiger partial charge on any atom is 0.0316 e. The van der Waals surface area contributed by atoms with Gasteiger partial charge in [0.1, 0.15) is 0 Å². The van der Waals surface area contributed by atoms with E-state index in [1.165, 1.54) is 40.7 Å². The molecule has 0 radical (unpaired) electrons. The SMILES string of the molecule is CCC.CCC.CCc1ccc(N)cc1CCc1c(C)cccc1CC. The van der Waals surface area contributed by atoms with E-state index in [9.17, 15) is 0 Å². The number of nitrogen functional groups attached to an aromatic ring is 1. The zero-order chi connectivity index (χ0) is 19.9. The summed E-state index contributed by atoms with van der Waals surface area (Å²) in [5, 5.41) is 0. The van der Waals surface area contributed by atoms with Gasteiger partial charge in [-0.15, -0.1) is 0 Å². The molecule has 0 aliphatic rings. The van der Waals surface area contributed by atoms with Crippen LogP contribution in [0.1, 0.15) is 82.2 Å². The van der Waals surface area contributed by atoms with Gasteiger partial charge >= 0.3 is 0 Å². The molecule has 0 aliphatic heterocycles. The molecule has 0 saturated heterocycles. The fraction of sp³-hybridized carbons (Fsp3) is 0.520. The molecule has 0 heterocycles. The fourth-order valence-corrected chi connectivity index (χ4v) is 2.94. The second kappa shape index (κ2) is 14.4. The zero-order valence-corrected chi connectivity index (χ0v) is 18.3. The Morgan fingerprint density at radius 1 is 0.692 bits per heavy atom. The molecule has 0 aromatic heterocycles. The van der Waals surface area contributed by atoms with Crippen LogP contribution in [0.2, 0.25) is 0 Å². The van der Waals surface area contributed by atoms with Crippen LogP contribution in [0.5, 0.6) is 0 Å². The number of hydrogen-bond donors (Lipinski definition) is 1. The smallest absolute Gasteiger partial charge is 0.0316 e. The van der Waals surface area contributed by atoms with Gasteiger partial charge in [-0.25, -0.2) is 0 Å². The summed E-state index contributed by atoms with van der Waals surface area (Å²) in [5.41, 5.74) is 14.0. The monoisotopic (exact) mass is 355 g/mol. The van der Waals surface area contributed by atoms with Gasteiger partial charge in [-0.1, -0.05) is 78.6 Å². The molecule has 0 unspecified atom stereocenters. The van der Waals surface area contributed by atoms with Gasteiger partial charge in [0.15, 0.2) is 0 Å². The molecule has 2 aromatic rings. The summed E-state index contributed by atoms with van der Waals surface area (Å²) in [4.78, 5) is 0. The lowest BCUT2D eigenvalue weighted by Crippen LogP contribution is -2.02. The topological polar surface area (TPSA) is 26.0 Å². The van der Waals surface area contributed by atoms with E-state index in [0.29, 0.717) is 0 Å². The molecule has 2 aromatic carbocycles. The van der Waals surface area contributed by atoms with Crippen LogP contribution in [-0.2, 0) is 25.7 Å². The van der Waals surface area contributed by atoms with E-state index in [-0.39, 0.29) is 0 Å². The third kappa shape index (κ3) is 8.56. The molecule has 0 amide bonds. The predicted molar refractivity (Wildman–Crippen MR) is 120 cm³/mol. The van der Waals surface area contributed by atoms with E-state index in [1.54, 1.807) is 0 Å². The van der Waals surface area contributed by atoms with Crippen LogP contribution >= 0.6 is 0 Å². The lowest BCUT2D eigenvalue weighted by atomic mass is 9.92. The largest absolute Gasteiger partial charge is 0.399 e. The molecular weight excluding hydrogens is 314 g/mol. The van der Waals surface area contributed by atoms with Crippen molar-refractivity contribution >= 4 is 5.69 Å². The van der Waals surface area contributed by atoms with Crippen molar-refractivity contribution in [2.24, 2.45) is 0 Å². The minimum absolute atomic E-state index is 0.873. The number of anilines is 1. The highest BCUT2D eigenvalue weighted by atomic mass is 14.5. The summed E-state index contributed by atoms with van der Waals surface area (Å²) in [7, 11) is 0. The molecule has 0 atom stereocenters. The highest BCUT2D eigenvalue weighted by molar-refractivity contribution is 5.45. The molecule has 26 heavy (non-hydrogen) atoms. The quantitative estimate of drug-likeness (QED) is 0.559. The second-order valence-corrected chi connectivity index (χ2v) is 6.86. The van der Waals surface area contributed by atoms with Crippen molar-refractivity contribution in [1.82, 2.24) is 0 Å². The van der Waals surface area contributed by atoms with Gasteiger partial charge in [-0.2, -0.15) is 0 Å². The van der Waals surface area contributed by atoms with Crippen molar-refractivity contribution in [2.75, 3.05) is 5.73 Å². The highest BCUT2D eigenvalue weighted by Gasteiger charge is 2.07. The zero-order valence-electron chi connectivity index (χ0n) is 18.3. The van der Waals surface area contributed by atoms with Crippen molar-refractivity contribution in [1.29, 1.82) is 0 Å². The van der Waals surface area contributed by atoms with Crippen molar-refractivity contribution < 1.29 is 0 Å². The maximum atomic E-state index is 5.94. The third-order valence-electron chi connectivity index (χ3n) is 4.14. The van der Waals surface area contributed by atoms with Crippen LogP contribution in [0.15, 0.2) is 36.4 Å². The number of hydrogen-bond acceptors (Lipinski definition) is 1. The number of rotatable bonds is 5. The summed E-state index contributed by atoms with van der Waals surface area (Å²) >= 11 is 0. The van der Waals surface area contributed by atoms with Crippen LogP contribution in [0, 0.1) is 6.92 Å². The van der Waals surface area contributed by atoms with Crippen LogP contribution in [0.4, 0.5) is 5.69 Å². The minimum Gasteiger partial charge on any atom is -0.399 e. The Labute approximate surface area is 163 Å². The summed E-state index contributed by atoms with van der Waals surface area (Å²) in [6, 6.07) is 13.0. The highest BCUT2D eigenvalue weighted by Crippen LogP contribution is 2.21. The van der Waals surface area contributed by atoms with Gasteiger partial charge in [0.2, 0.25) is 0 Å². The van der Waals surface area contributed by atoms with E-state index >= 15 is 0 Å². The van der Waals surface area contributed by atoms with Crippen molar-refractivity contribution in [3.05, 3.63) is 64.2 Å². The number of aryl methyl sites for hydroxylation is 4. The Morgan fingerprint density at radius 2 is 1.27 bits per heavy atom. The van der Waals surface area contributed by atoms with E-state index in [2.05, 4.69) is 78.8 Å². The Kier molecular flexibility index (Phi) is 13.4. The van der Waals surface area contributed by atoms with Gasteiger partial charge in [-0.05, 0) is 72.6 Å². The predicted octanol–water partition coefficient (Wildman–Crippen LogP) is 7.32. The third-order valence-corrected chi connectivity index (χ3v) is 4.14. The second-order valence-electron chi connectivity index (χ2n) is 6.86. The molecule has 2 rings (SSSR count). The van der Waals surface area contributed by atoms with Gasteiger partial charge in [0.05, 0.1) is 0 Å². The summed E-state index contributed by atoms with van der Waals surface area (Å²) < 4.78 is 0. The normalized spacial score (nSPS) is 9.65. The molecule has 2 N–H and O–H groups in total. The first-order valence-corrected chi connectivity index (χ1v) is 10.4. The lowest BCUT2D eigenvalue weighted by molar-refractivity contribution is 0.901. The van der Waals surface area contributed by atoms with Crippen LogP contribution in [-0.4, -0.2) is 0 Å². The average Bonchev–Trinajstić information content (AvgIpc) is 2.62. The Bertz CT molecular complexity index is 612. The van der Waals surface area contributed by atoms with Crippen molar-refractivity contribution in [2.45, 2.75) is 87.0 Å². The standard InChI is InChI=1S/C19H25N.2C3H8/c1-4-15-9-11-18(20)13-17(15)10-12-19-14(3)7-6-8-16(19)5-2;2*1-3-2/h6-9,11,13H,4-5,10,12,20H2,1-3H3;2*3H2,1-2H3. The average molecular weight is 356 g/mol. The van der Waals surface area contributed by atoms with E-state index < -0.39 is 0 Å². The van der Waals surface area contributed by atoms with Crippen molar-refractivity contribution in [3.63, 3.8) is 0 Å². The minimum atomic E-state index is 0.873. The number of nitrogens with two attached hydrogens (primary N) is 1. The van der Waals surface area contributed by atoms with Crippen LogP contribution < -0.4 is 5.73 Å². The van der Waals surface area contributed by atoms with Crippen LogP contribution in [0.3, 0.4) is 0 Å². The maximum absolute atomic E-state index is 5.94. The number of benzene rings is 2. The molecule has 0 fully saturated rings. The summed E-state index contributed by atoms with van der Waals surface area (Å²) in [6.07, 6.45) is 6.86. The van der Waals surface area contributed by atoms with E-state index in [1.807, 2.05) is 6.07 Å². The Balaban J connectivity index is 0.000000918. The molecule has 0 aliphatic carbocycles. The van der Waals surface area contributed by atoms with Crippen molar-refractivity contribution in [3.8, 4) is 0 Å². The molecular formula is C25H41N. The van der Waals surface area contributed by atoms with Crippen LogP contribution in [0.25, 0.3) is 0 Å². The van der Waals surface area contributed by atoms with Gasteiger partial charge < -0.3 is 5.73 Å². The molecule has 146 valence electrons. The first-order chi connectivity index (χ1) is 12.5. The summed E-state index contributed by atoms with van der Waals surface area (Å²) in [6.45, 7) is 15.2. The van der Waals surface area contributed by atoms with Gasteiger partial charge in [-0.3, -0.25) is 0 Å². The van der Waals surface area contributed by atoms with E-state index in [4.69, 9.17) is 5.73 Å². The lowest BCUT2D eigenvalue weighted by Gasteiger charge is -2.13. The first kappa shape index (κ1) is 24.2. The Hall–Kier alpha value is -1.76. The molecule has 0 spiro atoms. The fourth-order valence-electron chi connectivity index (χ4n) is 2.94. The molecule has 0 bridgehead atoms. The first-order valence-electron chi connectivity index (χ1n) is 10.4. The molecule has 1 heteroatoms. The molecule has 0 saturated carbocycles. The van der Waals surface area contributed by atoms with Gasteiger partial charge in [0, 0.05) is 5.69 Å². The van der Waals surface area contributed by atoms with Gasteiger partial charge in [0.25, 0.3) is 0 Å². The van der Waals surface area contributed by atoms with E-state index in [0.717, 1.165) is 31.4 Å². The Morgan fingerprint density at radius 3 is 1.81 bits per heavy atom. The molecule has 1 nitrogen and oxygen atoms in total. The summed E-state index contributed by atoms with van der Waals surface area (Å²) in [5.74, 6) is 0.